The molecule has 0 saturated carbocycles. The first-order valence-corrected chi connectivity index (χ1v) is 9.67. The molecule has 1 aliphatic heterocycles. The molecule has 0 unspecified atom stereocenters. The lowest BCUT2D eigenvalue weighted by atomic mass is 10.1. The number of fused-ring (bicyclic) bond motifs is 2. The predicted molar refractivity (Wildman–Crippen MR) is 110 cm³/mol. The van der Waals surface area contributed by atoms with Gasteiger partial charge in [0.2, 0.25) is 6.79 Å². The van der Waals surface area contributed by atoms with Gasteiger partial charge in [-0.15, -0.1) is 5.10 Å². The Balaban J connectivity index is 1.53. The second kappa shape index (κ2) is 7.09. The van der Waals surface area contributed by atoms with Gasteiger partial charge in [-0.3, -0.25) is 0 Å². The van der Waals surface area contributed by atoms with Crippen molar-refractivity contribution in [2.45, 2.75) is 26.8 Å². The van der Waals surface area contributed by atoms with Gasteiger partial charge in [0.15, 0.2) is 17.3 Å². The molecule has 146 valence electrons. The molecule has 1 N–H and O–H groups in total. The van der Waals surface area contributed by atoms with Crippen LogP contribution in [0.15, 0.2) is 48.5 Å². The zero-order valence-electron chi connectivity index (χ0n) is 16.3. The summed E-state index contributed by atoms with van der Waals surface area (Å²) in [4.78, 5) is 9.31. The molecule has 7 nitrogen and oxygen atoms in total. The molecule has 0 amide bonds. The summed E-state index contributed by atoms with van der Waals surface area (Å²) in [6.07, 6.45) is 0.846. The average molecular weight is 387 g/mol. The minimum Gasteiger partial charge on any atom is -0.454 e. The molecule has 0 atom stereocenters. The summed E-state index contributed by atoms with van der Waals surface area (Å²) in [6, 6.07) is 15.9. The van der Waals surface area contributed by atoms with Gasteiger partial charge in [0, 0.05) is 23.4 Å². The molecule has 0 fully saturated rings. The third kappa shape index (κ3) is 3.14. The van der Waals surface area contributed by atoms with Gasteiger partial charge < -0.3 is 14.8 Å². The maximum absolute atomic E-state index is 5.49. The standard InChI is InChI=1S/C22H21N5O2/c1-3-17-14(2)24-22-25-20(16-7-5-4-6-8-16)26-27(22)21(17)23-12-15-9-10-18-19(11-15)29-13-28-18/h4-11,23H,3,12-13H2,1-2H3. The van der Waals surface area contributed by atoms with E-state index in [1.807, 2.05) is 55.5 Å². The summed E-state index contributed by atoms with van der Waals surface area (Å²) in [5, 5.41) is 8.28. The molecule has 0 saturated heterocycles. The number of aromatic nitrogens is 4. The van der Waals surface area contributed by atoms with Crippen molar-refractivity contribution < 1.29 is 9.47 Å². The first kappa shape index (κ1) is 17.5. The van der Waals surface area contributed by atoms with E-state index in [4.69, 9.17) is 14.6 Å². The van der Waals surface area contributed by atoms with Gasteiger partial charge in [-0.25, -0.2) is 4.98 Å². The van der Waals surface area contributed by atoms with Crippen LogP contribution in [0.2, 0.25) is 0 Å². The molecular weight excluding hydrogens is 366 g/mol. The topological polar surface area (TPSA) is 73.6 Å². The lowest BCUT2D eigenvalue weighted by molar-refractivity contribution is 0.174. The summed E-state index contributed by atoms with van der Waals surface area (Å²) in [6.45, 7) is 5.04. The number of anilines is 1. The zero-order valence-corrected chi connectivity index (χ0v) is 16.3. The van der Waals surface area contributed by atoms with Gasteiger partial charge >= 0.3 is 0 Å². The molecule has 4 aromatic rings. The van der Waals surface area contributed by atoms with E-state index in [0.717, 1.165) is 46.1 Å². The first-order valence-electron chi connectivity index (χ1n) is 9.67. The quantitative estimate of drug-likeness (QED) is 0.558. The highest BCUT2D eigenvalue weighted by atomic mass is 16.7. The van der Waals surface area contributed by atoms with E-state index in [2.05, 4.69) is 22.2 Å². The Morgan fingerprint density at radius 1 is 1.03 bits per heavy atom. The van der Waals surface area contributed by atoms with Crippen LogP contribution in [0.4, 0.5) is 5.82 Å². The SMILES string of the molecule is CCc1c(C)nc2nc(-c3ccccc3)nn2c1NCc1ccc2c(c1)OCO2. The highest BCUT2D eigenvalue weighted by Crippen LogP contribution is 2.33. The zero-order chi connectivity index (χ0) is 19.8. The van der Waals surface area contributed by atoms with Crippen LogP contribution in [0.25, 0.3) is 17.2 Å². The second-order valence-electron chi connectivity index (χ2n) is 6.93. The molecule has 0 bridgehead atoms. The van der Waals surface area contributed by atoms with Gasteiger partial charge in [0.25, 0.3) is 5.78 Å². The van der Waals surface area contributed by atoms with Crippen molar-refractivity contribution in [3.63, 3.8) is 0 Å². The van der Waals surface area contributed by atoms with E-state index < -0.39 is 0 Å². The summed E-state index contributed by atoms with van der Waals surface area (Å²) < 4.78 is 12.7. The van der Waals surface area contributed by atoms with Crippen LogP contribution in [0.5, 0.6) is 11.5 Å². The van der Waals surface area contributed by atoms with E-state index in [-0.39, 0.29) is 6.79 Å². The molecular formula is C22H21N5O2. The summed E-state index contributed by atoms with van der Waals surface area (Å²) in [5.74, 6) is 3.74. The highest BCUT2D eigenvalue weighted by Gasteiger charge is 2.17. The third-order valence-corrected chi connectivity index (χ3v) is 5.07. The van der Waals surface area contributed by atoms with Crippen LogP contribution in [0.1, 0.15) is 23.7 Å². The molecule has 3 heterocycles. The number of aryl methyl sites for hydroxylation is 1. The highest BCUT2D eigenvalue weighted by molar-refractivity contribution is 5.60. The molecule has 2 aromatic heterocycles. The van der Waals surface area contributed by atoms with Crippen molar-refractivity contribution in [2.75, 3.05) is 12.1 Å². The number of hydrogen-bond donors (Lipinski definition) is 1. The predicted octanol–water partition coefficient (Wildman–Crippen LogP) is 4.00. The van der Waals surface area contributed by atoms with Crippen LogP contribution in [-0.2, 0) is 13.0 Å². The Hall–Kier alpha value is -3.61. The lowest BCUT2D eigenvalue weighted by Gasteiger charge is -2.14. The molecule has 0 spiro atoms. The fourth-order valence-corrected chi connectivity index (χ4v) is 3.59. The number of hydrogen-bond acceptors (Lipinski definition) is 6. The van der Waals surface area contributed by atoms with Gasteiger partial charge in [0.1, 0.15) is 5.82 Å². The first-order chi connectivity index (χ1) is 14.2. The molecule has 7 heteroatoms. The van der Waals surface area contributed by atoms with Gasteiger partial charge in [-0.1, -0.05) is 43.3 Å². The monoisotopic (exact) mass is 387 g/mol. The van der Waals surface area contributed by atoms with E-state index in [1.165, 1.54) is 0 Å². The Labute approximate surface area is 168 Å². The summed E-state index contributed by atoms with van der Waals surface area (Å²) in [5.41, 5.74) is 4.15. The summed E-state index contributed by atoms with van der Waals surface area (Å²) >= 11 is 0. The Morgan fingerprint density at radius 2 is 1.86 bits per heavy atom. The molecule has 1 aliphatic rings. The molecule has 2 aromatic carbocycles. The van der Waals surface area contributed by atoms with Crippen LogP contribution < -0.4 is 14.8 Å². The smallest absolute Gasteiger partial charge is 0.254 e. The minimum atomic E-state index is 0.275. The normalized spacial score (nSPS) is 12.5. The van der Waals surface area contributed by atoms with Crippen LogP contribution >= 0.6 is 0 Å². The number of rotatable bonds is 5. The van der Waals surface area contributed by atoms with E-state index >= 15 is 0 Å². The average Bonchev–Trinajstić information content (AvgIpc) is 3.38. The minimum absolute atomic E-state index is 0.275. The van der Waals surface area contributed by atoms with E-state index in [1.54, 1.807) is 4.52 Å². The molecule has 0 aliphatic carbocycles. The number of nitrogens with zero attached hydrogens (tertiary/aromatic N) is 4. The Bertz CT molecular complexity index is 1190. The van der Waals surface area contributed by atoms with Crippen molar-refractivity contribution >= 4 is 11.6 Å². The van der Waals surface area contributed by atoms with E-state index in [0.29, 0.717) is 18.1 Å². The van der Waals surface area contributed by atoms with Gasteiger partial charge in [-0.05, 0) is 31.0 Å². The largest absolute Gasteiger partial charge is 0.454 e. The molecule has 29 heavy (non-hydrogen) atoms. The van der Waals surface area contributed by atoms with Gasteiger partial charge in [0.05, 0.1) is 0 Å². The van der Waals surface area contributed by atoms with Crippen molar-refractivity contribution in [2.24, 2.45) is 0 Å². The number of nitrogens with one attached hydrogen (secondary N) is 1. The number of benzene rings is 2. The fourth-order valence-electron chi connectivity index (χ4n) is 3.59. The van der Waals surface area contributed by atoms with Crippen molar-refractivity contribution in [1.29, 1.82) is 0 Å². The van der Waals surface area contributed by atoms with Crippen LogP contribution in [0.3, 0.4) is 0 Å². The molecule has 0 radical (unpaired) electrons. The van der Waals surface area contributed by atoms with Crippen molar-refractivity contribution in [3.8, 4) is 22.9 Å². The maximum atomic E-state index is 5.49. The third-order valence-electron chi connectivity index (χ3n) is 5.07. The number of ether oxygens (including phenoxy) is 2. The van der Waals surface area contributed by atoms with Gasteiger partial charge in [-0.2, -0.15) is 9.50 Å². The summed E-state index contributed by atoms with van der Waals surface area (Å²) in [7, 11) is 0. The van der Waals surface area contributed by atoms with Crippen LogP contribution in [0, 0.1) is 6.92 Å². The maximum Gasteiger partial charge on any atom is 0.254 e. The second-order valence-corrected chi connectivity index (χ2v) is 6.93. The van der Waals surface area contributed by atoms with E-state index in [9.17, 15) is 0 Å². The van der Waals surface area contributed by atoms with Crippen molar-refractivity contribution in [1.82, 2.24) is 19.6 Å². The van der Waals surface area contributed by atoms with Crippen LogP contribution in [-0.4, -0.2) is 26.4 Å². The molecule has 5 rings (SSSR count). The Morgan fingerprint density at radius 3 is 2.69 bits per heavy atom. The fraction of sp³-hybridized carbons (Fsp3) is 0.227. The Kier molecular flexibility index (Phi) is 4.27. The van der Waals surface area contributed by atoms with Crippen molar-refractivity contribution in [3.05, 3.63) is 65.4 Å². The lowest BCUT2D eigenvalue weighted by Crippen LogP contribution is -2.11.